The molecule has 6 heteroatoms. The molecule has 1 saturated carbocycles. The molecule has 0 aliphatic heterocycles. The van der Waals surface area contributed by atoms with Gasteiger partial charge in [-0.25, -0.2) is 17.5 Å². The summed E-state index contributed by atoms with van der Waals surface area (Å²) in [6, 6.07) is 5.23. The van der Waals surface area contributed by atoms with Crippen LogP contribution in [0.1, 0.15) is 37.7 Å². The highest BCUT2D eigenvalue weighted by Gasteiger charge is 2.22. The van der Waals surface area contributed by atoms with Crippen LogP contribution >= 0.6 is 0 Å². The molecule has 1 aliphatic rings. The van der Waals surface area contributed by atoms with Crippen molar-refractivity contribution >= 4 is 10.0 Å². The lowest BCUT2D eigenvalue weighted by Crippen LogP contribution is -2.26. The van der Waals surface area contributed by atoms with E-state index in [-0.39, 0.29) is 4.90 Å². The zero-order valence-electron chi connectivity index (χ0n) is 11.1. The van der Waals surface area contributed by atoms with E-state index in [1.807, 2.05) is 0 Å². The normalized spacial score (nSPS) is 16.2. The van der Waals surface area contributed by atoms with Crippen LogP contribution in [0.5, 0.6) is 0 Å². The van der Waals surface area contributed by atoms with E-state index in [0.717, 1.165) is 25.3 Å². The third-order valence-electron chi connectivity index (χ3n) is 3.70. The van der Waals surface area contributed by atoms with Gasteiger partial charge in [-0.1, -0.05) is 31.7 Å². The Labute approximate surface area is 118 Å². The summed E-state index contributed by atoms with van der Waals surface area (Å²) in [5, 5.41) is 8.88. The summed E-state index contributed by atoms with van der Waals surface area (Å²) in [5.74, 6) is -0.244. The molecule has 1 aromatic rings. The Bertz CT molecular complexity index is 617. The van der Waals surface area contributed by atoms with E-state index in [1.54, 1.807) is 6.07 Å². The Morgan fingerprint density at radius 3 is 2.70 bits per heavy atom. The Balaban J connectivity index is 2.06. The van der Waals surface area contributed by atoms with E-state index in [2.05, 4.69) is 4.72 Å². The summed E-state index contributed by atoms with van der Waals surface area (Å²) in [5.41, 5.74) is -0.430. The number of halogens is 1. The Morgan fingerprint density at radius 1 is 1.35 bits per heavy atom. The van der Waals surface area contributed by atoms with Gasteiger partial charge in [0, 0.05) is 6.54 Å². The predicted molar refractivity (Wildman–Crippen MR) is 72.9 cm³/mol. The van der Waals surface area contributed by atoms with Crippen LogP contribution in [0, 0.1) is 23.1 Å². The summed E-state index contributed by atoms with van der Waals surface area (Å²) < 4.78 is 40.1. The minimum absolute atomic E-state index is 0.286. The van der Waals surface area contributed by atoms with Gasteiger partial charge in [0.15, 0.2) is 0 Å². The molecule has 1 N–H and O–H groups in total. The zero-order valence-corrected chi connectivity index (χ0v) is 11.9. The lowest BCUT2D eigenvalue weighted by atomic mass is 10.1. The fraction of sp³-hybridized carbons (Fsp3) is 0.500. The summed E-state index contributed by atoms with van der Waals surface area (Å²) in [7, 11) is -3.83. The molecule has 20 heavy (non-hydrogen) atoms. The monoisotopic (exact) mass is 296 g/mol. The smallest absolute Gasteiger partial charge is 0.211 e. The number of nitrogens with one attached hydrogen (secondary N) is 1. The van der Waals surface area contributed by atoms with Crippen molar-refractivity contribution in [3.8, 4) is 6.07 Å². The molecule has 0 amide bonds. The minimum atomic E-state index is -3.83. The van der Waals surface area contributed by atoms with Gasteiger partial charge in [-0.05, 0) is 24.5 Å². The Morgan fingerprint density at radius 2 is 2.05 bits per heavy atom. The number of sulfonamides is 1. The first-order valence-electron chi connectivity index (χ1n) is 6.73. The molecule has 0 atom stereocenters. The van der Waals surface area contributed by atoms with Crippen molar-refractivity contribution in [2.45, 2.75) is 37.0 Å². The van der Waals surface area contributed by atoms with Crippen LogP contribution in [-0.4, -0.2) is 15.0 Å². The van der Waals surface area contributed by atoms with Crippen molar-refractivity contribution in [3.05, 3.63) is 29.6 Å². The van der Waals surface area contributed by atoms with Gasteiger partial charge in [0.05, 0.1) is 0 Å². The molecule has 2 rings (SSSR count). The van der Waals surface area contributed by atoms with Crippen molar-refractivity contribution in [2.75, 3.05) is 6.54 Å². The molecule has 108 valence electrons. The molecule has 0 radical (unpaired) electrons. The zero-order chi connectivity index (χ0) is 14.6. The molecule has 1 fully saturated rings. The average Bonchev–Trinajstić information content (AvgIpc) is 2.91. The number of nitrogens with zero attached hydrogens (tertiary/aromatic N) is 1. The molecule has 4 nitrogen and oxygen atoms in total. The third kappa shape index (κ3) is 3.35. The maximum Gasteiger partial charge on any atom is 0.241 e. The topological polar surface area (TPSA) is 70.0 Å². The van der Waals surface area contributed by atoms with Crippen LogP contribution in [0.4, 0.5) is 4.39 Å². The number of hydrogen-bond acceptors (Lipinski definition) is 3. The van der Waals surface area contributed by atoms with Crippen LogP contribution in [0.15, 0.2) is 23.1 Å². The van der Waals surface area contributed by atoms with Crippen molar-refractivity contribution in [1.29, 1.82) is 5.26 Å². The highest BCUT2D eigenvalue weighted by atomic mass is 32.2. The number of nitriles is 1. The van der Waals surface area contributed by atoms with Gasteiger partial charge in [-0.3, -0.25) is 0 Å². The molecule has 1 aromatic carbocycles. The van der Waals surface area contributed by atoms with Gasteiger partial charge >= 0.3 is 0 Å². The molecule has 0 bridgehead atoms. The number of hydrogen-bond donors (Lipinski definition) is 1. The molecule has 0 unspecified atom stereocenters. The fourth-order valence-electron chi connectivity index (χ4n) is 2.61. The first-order valence-corrected chi connectivity index (χ1v) is 8.21. The quantitative estimate of drug-likeness (QED) is 0.907. The van der Waals surface area contributed by atoms with Crippen LogP contribution in [-0.2, 0) is 10.0 Å². The lowest BCUT2D eigenvalue weighted by molar-refractivity contribution is 0.495. The second-order valence-corrected chi connectivity index (χ2v) is 6.80. The maximum absolute atomic E-state index is 13.4. The van der Waals surface area contributed by atoms with Crippen LogP contribution in [0.25, 0.3) is 0 Å². The Hall–Kier alpha value is -1.45. The van der Waals surface area contributed by atoms with Crippen LogP contribution < -0.4 is 4.72 Å². The molecule has 0 aromatic heterocycles. The van der Waals surface area contributed by atoms with Gasteiger partial charge in [0.25, 0.3) is 0 Å². The van der Waals surface area contributed by atoms with E-state index < -0.39 is 21.4 Å². The van der Waals surface area contributed by atoms with Crippen molar-refractivity contribution in [2.24, 2.45) is 5.92 Å². The summed E-state index contributed by atoms with van der Waals surface area (Å²) in [6.45, 7) is 0.328. The van der Waals surface area contributed by atoms with Crippen LogP contribution in [0.3, 0.4) is 0 Å². The molecular formula is C14H17FN2O2S. The molecule has 0 spiro atoms. The van der Waals surface area contributed by atoms with Crippen LogP contribution in [0.2, 0.25) is 0 Å². The Kier molecular flexibility index (Phi) is 4.73. The lowest BCUT2D eigenvalue weighted by Gasteiger charge is -2.11. The largest absolute Gasteiger partial charge is 0.241 e. The maximum atomic E-state index is 13.4. The predicted octanol–water partition coefficient (Wildman–Crippen LogP) is 2.56. The second kappa shape index (κ2) is 6.33. The fourth-order valence-corrected chi connectivity index (χ4v) is 3.82. The molecule has 1 aliphatic carbocycles. The van der Waals surface area contributed by atoms with E-state index in [1.165, 1.54) is 25.0 Å². The van der Waals surface area contributed by atoms with Crippen molar-refractivity contribution < 1.29 is 12.8 Å². The highest BCUT2D eigenvalue weighted by Crippen LogP contribution is 2.27. The van der Waals surface area contributed by atoms with Gasteiger partial charge in [-0.2, -0.15) is 5.26 Å². The van der Waals surface area contributed by atoms with Crippen molar-refractivity contribution in [3.63, 3.8) is 0 Å². The summed E-state index contributed by atoms with van der Waals surface area (Å²) in [4.78, 5) is -0.286. The standard InChI is InChI=1S/C14H17FN2O2S/c15-13-6-3-7-14(12(13)10-16)20(18,19)17-9-8-11-4-1-2-5-11/h3,6-7,11,17H,1-2,4-5,8-9H2. The van der Waals surface area contributed by atoms with Gasteiger partial charge in [0.1, 0.15) is 22.3 Å². The number of benzene rings is 1. The average molecular weight is 296 g/mol. The minimum Gasteiger partial charge on any atom is -0.211 e. The van der Waals surface area contributed by atoms with Crippen molar-refractivity contribution in [1.82, 2.24) is 4.72 Å². The number of rotatable bonds is 5. The van der Waals surface area contributed by atoms with E-state index in [4.69, 9.17) is 5.26 Å². The van der Waals surface area contributed by atoms with Gasteiger partial charge in [-0.15, -0.1) is 0 Å². The first kappa shape index (κ1) is 14.9. The SMILES string of the molecule is N#Cc1c(F)cccc1S(=O)(=O)NCCC1CCCC1. The first-order chi connectivity index (χ1) is 9.54. The molecule has 0 heterocycles. The van der Waals surface area contributed by atoms with E-state index >= 15 is 0 Å². The van der Waals surface area contributed by atoms with Gasteiger partial charge < -0.3 is 0 Å². The molecular weight excluding hydrogens is 279 g/mol. The third-order valence-corrected chi connectivity index (χ3v) is 5.20. The summed E-state index contributed by atoms with van der Waals surface area (Å²) in [6.07, 6.45) is 5.49. The van der Waals surface area contributed by atoms with E-state index in [9.17, 15) is 12.8 Å². The van der Waals surface area contributed by atoms with Gasteiger partial charge in [0.2, 0.25) is 10.0 Å². The molecule has 0 saturated heterocycles. The second-order valence-electron chi connectivity index (χ2n) is 5.06. The van der Waals surface area contributed by atoms with E-state index in [0.29, 0.717) is 12.5 Å². The summed E-state index contributed by atoms with van der Waals surface area (Å²) >= 11 is 0. The highest BCUT2D eigenvalue weighted by molar-refractivity contribution is 7.89.